The Kier molecular flexibility index (Phi) is 15.7. The zero-order valence-corrected chi connectivity index (χ0v) is 26.5. The maximum absolute atomic E-state index is 13.9. The van der Waals surface area contributed by atoms with Crippen LogP contribution in [0.1, 0.15) is 76.3 Å². The number of amides is 2. The predicted molar refractivity (Wildman–Crippen MR) is 167 cm³/mol. The van der Waals surface area contributed by atoms with Crippen LogP contribution < -0.4 is 15.5 Å². The maximum atomic E-state index is 13.9. The molecule has 2 amide bonds. The van der Waals surface area contributed by atoms with Crippen molar-refractivity contribution in [2.45, 2.75) is 66.5 Å². The molecule has 0 aliphatic carbocycles. The van der Waals surface area contributed by atoms with Gasteiger partial charge in [0, 0.05) is 30.3 Å². The molecule has 232 valence electrons. The number of allylic oxidation sites excluding steroid dienone is 2. The highest BCUT2D eigenvalue weighted by Gasteiger charge is 2.42. The summed E-state index contributed by atoms with van der Waals surface area (Å²) in [5.41, 5.74) is 3.73. The third kappa shape index (κ3) is 10.8. The van der Waals surface area contributed by atoms with Crippen LogP contribution in [0.2, 0.25) is 5.02 Å². The summed E-state index contributed by atoms with van der Waals surface area (Å²) >= 11 is 6.01. The molecule has 2 aromatic carbocycles. The lowest BCUT2D eigenvalue weighted by Crippen LogP contribution is -2.40. The van der Waals surface area contributed by atoms with E-state index in [0.29, 0.717) is 23.6 Å². The molecule has 0 radical (unpaired) electrons. The van der Waals surface area contributed by atoms with E-state index in [-0.39, 0.29) is 35.1 Å². The highest BCUT2D eigenvalue weighted by molar-refractivity contribution is 6.30. The number of carbonyl (C=O) groups is 3. The summed E-state index contributed by atoms with van der Waals surface area (Å²) in [4.78, 5) is 35.8. The van der Waals surface area contributed by atoms with Gasteiger partial charge in [0.05, 0.1) is 29.3 Å². The Bertz CT molecular complexity index is 1340. The number of hydrazone groups is 1. The van der Waals surface area contributed by atoms with Crippen LogP contribution in [-0.4, -0.2) is 48.8 Å². The Morgan fingerprint density at radius 1 is 1.23 bits per heavy atom. The van der Waals surface area contributed by atoms with E-state index in [9.17, 15) is 24.0 Å². The van der Waals surface area contributed by atoms with Gasteiger partial charge in [0.25, 0.3) is 5.91 Å². The molecule has 1 aliphatic heterocycles. The number of halogens is 2. The molecule has 0 spiro atoms. The number of likely N-dealkylation sites (tertiary alicyclic amines) is 1. The number of aldehydes is 1. The molecule has 9 nitrogen and oxygen atoms in total. The van der Waals surface area contributed by atoms with Crippen LogP contribution in [-0.2, 0) is 9.59 Å². The van der Waals surface area contributed by atoms with Crippen molar-refractivity contribution in [3.8, 4) is 11.8 Å². The van der Waals surface area contributed by atoms with Crippen LogP contribution in [0, 0.1) is 22.6 Å². The molecule has 43 heavy (non-hydrogen) atoms. The smallest absolute Gasteiger partial charge is 0.251 e. The van der Waals surface area contributed by atoms with Crippen LogP contribution in [0.5, 0.6) is 5.75 Å². The first-order valence-corrected chi connectivity index (χ1v) is 14.4. The fraction of sp³-hybridized carbons (Fsp3) is 0.406. The van der Waals surface area contributed by atoms with Crippen molar-refractivity contribution in [1.82, 2.24) is 15.6 Å². The fourth-order valence-corrected chi connectivity index (χ4v) is 4.65. The quantitative estimate of drug-likeness (QED) is 0.108. The third-order valence-corrected chi connectivity index (χ3v) is 6.66. The maximum Gasteiger partial charge on any atom is 0.251 e. The normalized spacial score (nSPS) is 16.4. The van der Waals surface area contributed by atoms with Crippen molar-refractivity contribution in [2.75, 3.05) is 13.6 Å². The summed E-state index contributed by atoms with van der Waals surface area (Å²) in [5.74, 6) is -1.36. The van der Waals surface area contributed by atoms with E-state index in [4.69, 9.17) is 16.3 Å². The minimum atomic E-state index is -0.736. The van der Waals surface area contributed by atoms with E-state index in [1.807, 2.05) is 52.0 Å². The van der Waals surface area contributed by atoms with Crippen molar-refractivity contribution in [3.63, 3.8) is 0 Å². The number of hydrogen-bond donors (Lipinski definition) is 2. The minimum Gasteiger partial charge on any atom is -0.451 e. The lowest BCUT2D eigenvalue weighted by atomic mass is 9.85. The highest BCUT2D eigenvalue weighted by Crippen LogP contribution is 2.42. The average Bonchev–Trinajstić information content (AvgIpc) is 3.45. The molecule has 11 heteroatoms. The van der Waals surface area contributed by atoms with Crippen LogP contribution in [0.3, 0.4) is 0 Å². The number of ether oxygens (including phenoxy) is 1. The average molecular weight is 614 g/mol. The van der Waals surface area contributed by atoms with E-state index in [2.05, 4.69) is 21.9 Å². The Hall–Kier alpha value is -4.23. The molecule has 1 fully saturated rings. The zero-order valence-electron chi connectivity index (χ0n) is 25.8. The van der Waals surface area contributed by atoms with Gasteiger partial charge in [-0.15, -0.1) is 0 Å². The number of nitriles is 1. The Balaban J connectivity index is 0.000000410. The summed E-state index contributed by atoms with van der Waals surface area (Å²) in [6, 6.07) is 13.6. The molecule has 0 saturated carbocycles. The molecule has 2 N–H and O–H groups in total. The first-order chi connectivity index (χ1) is 20.5. The largest absolute Gasteiger partial charge is 0.451 e. The van der Waals surface area contributed by atoms with E-state index in [0.717, 1.165) is 30.9 Å². The molecule has 0 bridgehead atoms. The second kappa shape index (κ2) is 18.3. The summed E-state index contributed by atoms with van der Waals surface area (Å²) in [6.07, 6.45) is 4.39. The third-order valence-electron chi connectivity index (χ3n) is 6.42. The molecular weight excluding hydrogens is 573 g/mol. The van der Waals surface area contributed by atoms with E-state index in [1.54, 1.807) is 25.8 Å². The Morgan fingerprint density at radius 2 is 1.93 bits per heavy atom. The molecule has 3 rings (SSSR count). The van der Waals surface area contributed by atoms with Gasteiger partial charge < -0.3 is 20.4 Å². The van der Waals surface area contributed by atoms with E-state index >= 15 is 0 Å². The fourth-order valence-electron chi connectivity index (χ4n) is 4.46. The number of carbonyl (C=O) groups excluding carboxylic acids is 3. The first kappa shape index (κ1) is 36.8. The van der Waals surface area contributed by atoms with Crippen molar-refractivity contribution in [2.24, 2.45) is 10.5 Å². The summed E-state index contributed by atoms with van der Waals surface area (Å²) in [7, 11) is 1.61. The number of nitrogens with one attached hydrogen (secondary N) is 2. The summed E-state index contributed by atoms with van der Waals surface area (Å²) in [6.45, 7) is 11.6. The zero-order chi connectivity index (χ0) is 32.6. The first-order valence-electron chi connectivity index (χ1n) is 14.0. The minimum absolute atomic E-state index is 0.0221. The van der Waals surface area contributed by atoms with Crippen LogP contribution in [0.4, 0.5) is 4.39 Å². The molecule has 1 heterocycles. The van der Waals surface area contributed by atoms with E-state index in [1.165, 1.54) is 18.2 Å². The summed E-state index contributed by atoms with van der Waals surface area (Å²) < 4.78 is 19.1. The predicted octanol–water partition coefficient (Wildman–Crippen LogP) is 6.21. The lowest BCUT2D eigenvalue weighted by molar-refractivity contribution is -0.122. The van der Waals surface area contributed by atoms with Gasteiger partial charge in [0.15, 0.2) is 23.6 Å². The van der Waals surface area contributed by atoms with Gasteiger partial charge in [-0.2, -0.15) is 10.4 Å². The molecule has 0 aromatic heterocycles. The molecule has 1 saturated heterocycles. The van der Waals surface area contributed by atoms with Crippen molar-refractivity contribution >= 4 is 35.9 Å². The second-order valence-corrected chi connectivity index (χ2v) is 10.2. The SMILES string of the molecule is CC.CC(C)(C#N)C1CCC(c2cccc(Cl)c2)N1C=O.CCNC(=O)c1ccc(O/C(C=O)=C/C(C)=N\NC)c(F)c1. The molecule has 2 atom stereocenters. The lowest BCUT2D eigenvalue weighted by Gasteiger charge is -2.33. The number of rotatable bonds is 10. The second-order valence-electron chi connectivity index (χ2n) is 9.80. The highest BCUT2D eigenvalue weighted by atomic mass is 35.5. The van der Waals surface area contributed by atoms with Gasteiger partial charge in [-0.25, -0.2) is 4.39 Å². The van der Waals surface area contributed by atoms with Gasteiger partial charge in [-0.1, -0.05) is 37.6 Å². The topological polar surface area (TPSA) is 124 Å². The Morgan fingerprint density at radius 3 is 2.47 bits per heavy atom. The van der Waals surface area contributed by atoms with Crippen LogP contribution in [0.15, 0.2) is 59.4 Å². The van der Waals surface area contributed by atoms with Crippen LogP contribution in [0.25, 0.3) is 0 Å². The van der Waals surface area contributed by atoms with Gasteiger partial charge in [-0.3, -0.25) is 14.4 Å². The van der Waals surface area contributed by atoms with Gasteiger partial charge >= 0.3 is 0 Å². The molecule has 2 unspecified atom stereocenters. The summed E-state index contributed by atoms with van der Waals surface area (Å²) in [5, 5.41) is 16.3. The van der Waals surface area contributed by atoms with Crippen molar-refractivity contribution in [3.05, 3.63) is 76.3 Å². The van der Waals surface area contributed by atoms with Crippen LogP contribution >= 0.6 is 11.6 Å². The molecule has 2 aromatic rings. The Labute approximate surface area is 258 Å². The van der Waals surface area contributed by atoms with Gasteiger partial charge in [0.1, 0.15) is 0 Å². The number of benzene rings is 2. The monoisotopic (exact) mass is 613 g/mol. The van der Waals surface area contributed by atoms with Gasteiger partial charge in [-0.05, 0) is 76.4 Å². The number of nitrogens with zero attached hydrogens (tertiary/aromatic N) is 3. The van der Waals surface area contributed by atoms with Gasteiger partial charge in [0.2, 0.25) is 6.41 Å². The number of hydrogen-bond acceptors (Lipinski definition) is 7. The standard InChI is InChI=1S/C15H17ClN2O.C15H18FN3O3.C2H6/c1-15(2,9-17)14-7-6-13(18(14)10-19)11-4-3-5-12(16)8-11;1-4-18-15(21)11-5-6-14(13(16)8-11)22-12(9-20)7-10(2)19-17-3;1-2/h3-5,8,10,13-14H,6-7H2,1-2H3;5-9,17H,4H2,1-3H3,(H,18,21);1-2H3/b;12-7+,19-10-;. The van der Waals surface area contributed by atoms with E-state index < -0.39 is 11.2 Å². The van der Waals surface area contributed by atoms with Crippen molar-refractivity contribution in [1.29, 1.82) is 5.26 Å². The molecule has 1 aliphatic rings. The molecular formula is C32H41ClFN5O4. The van der Waals surface area contributed by atoms with Crippen molar-refractivity contribution < 1.29 is 23.5 Å².